The summed E-state index contributed by atoms with van der Waals surface area (Å²) in [6.07, 6.45) is 3.92. The number of nitrogens with zero attached hydrogens (tertiary/aromatic N) is 3. The van der Waals surface area contributed by atoms with Crippen molar-refractivity contribution in [1.82, 2.24) is 0 Å². The lowest BCUT2D eigenvalue weighted by Gasteiger charge is -2.24. The highest BCUT2D eigenvalue weighted by Crippen LogP contribution is 2.14. The Morgan fingerprint density at radius 1 is 1.18 bits per heavy atom. The highest BCUT2D eigenvalue weighted by Gasteiger charge is 2.22. The van der Waals surface area contributed by atoms with E-state index in [1.54, 1.807) is 6.92 Å². The molecule has 0 aromatic carbocycles. The molecule has 0 aliphatic heterocycles. The van der Waals surface area contributed by atoms with Crippen LogP contribution in [-0.4, -0.2) is 43.2 Å². The first-order valence-electron chi connectivity index (χ1n) is 5.99. The predicted octanol–water partition coefficient (Wildman–Crippen LogP) is 1.86. The number of hydrogen-bond donors (Lipinski definition) is 2. The summed E-state index contributed by atoms with van der Waals surface area (Å²) >= 11 is 0. The van der Waals surface area contributed by atoms with Crippen molar-refractivity contribution in [2.45, 2.75) is 32.6 Å². The Balaban J connectivity index is 3.31. The number of hydrogen-bond acceptors (Lipinski definition) is 4. The van der Waals surface area contributed by atoms with Gasteiger partial charge in [-0.05, 0) is 18.4 Å². The van der Waals surface area contributed by atoms with Crippen LogP contribution in [0.5, 0.6) is 0 Å². The Morgan fingerprint density at radius 3 is 2.41 bits per heavy atom. The quantitative estimate of drug-likeness (QED) is 0.251. The lowest BCUT2D eigenvalue weighted by Crippen LogP contribution is -2.31. The third-order valence-corrected chi connectivity index (χ3v) is 2.57. The maximum atomic E-state index is 9.03. The summed E-state index contributed by atoms with van der Waals surface area (Å²) in [7, 11) is 0. The Labute approximate surface area is 102 Å². The first kappa shape index (κ1) is 16.2. The summed E-state index contributed by atoms with van der Waals surface area (Å²) < 4.78 is 5.41. The van der Waals surface area contributed by atoms with Crippen molar-refractivity contribution in [3.63, 3.8) is 0 Å². The highest BCUT2D eigenvalue weighted by atomic mass is 16.5. The molecule has 0 aliphatic carbocycles. The molecule has 0 radical (unpaired) electrons. The molecule has 100 valence electrons. The minimum atomic E-state index is -0.540. The second-order valence-electron chi connectivity index (χ2n) is 4.55. The minimum absolute atomic E-state index is 0.0737. The Kier molecular flexibility index (Phi) is 9.86. The van der Waals surface area contributed by atoms with Crippen LogP contribution in [0.2, 0.25) is 0 Å². The fourth-order valence-electron chi connectivity index (χ4n) is 1.24. The second kappa shape index (κ2) is 10.4. The van der Waals surface area contributed by atoms with Gasteiger partial charge in [0.2, 0.25) is 0 Å². The zero-order valence-electron chi connectivity index (χ0n) is 10.5. The van der Waals surface area contributed by atoms with Crippen LogP contribution in [0.3, 0.4) is 0 Å². The van der Waals surface area contributed by atoms with E-state index < -0.39 is 5.41 Å². The molecular formula is C11H23N3O3. The minimum Gasteiger partial charge on any atom is -0.396 e. The molecule has 0 aliphatic rings. The van der Waals surface area contributed by atoms with Gasteiger partial charge in [-0.15, -0.1) is 0 Å². The van der Waals surface area contributed by atoms with Gasteiger partial charge in [-0.2, -0.15) is 0 Å². The van der Waals surface area contributed by atoms with E-state index in [1.807, 2.05) is 0 Å². The third-order valence-electron chi connectivity index (χ3n) is 2.57. The zero-order valence-corrected chi connectivity index (χ0v) is 10.5. The van der Waals surface area contributed by atoms with Crippen molar-refractivity contribution >= 4 is 0 Å². The average molecular weight is 245 g/mol. The third kappa shape index (κ3) is 8.94. The number of rotatable bonds is 11. The molecule has 0 unspecified atom stereocenters. The van der Waals surface area contributed by atoms with Gasteiger partial charge >= 0.3 is 0 Å². The Bertz CT molecular complexity index is 226. The van der Waals surface area contributed by atoms with Gasteiger partial charge < -0.3 is 14.9 Å². The standard InChI is InChI=1S/C11H23N3O3/c1-11(8-15,9-16)10-17-7-5-3-2-4-6-13-14-12/h15-16H,2-10H2,1H3. The SMILES string of the molecule is CC(CO)(CO)COCCCCCCN=[N+]=[N-]. The molecule has 6 nitrogen and oxygen atoms in total. The summed E-state index contributed by atoms with van der Waals surface area (Å²) in [6.45, 7) is 3.21. The van der Waals surface area contributed by atoms with Gasteiger partial charge in [0.25, 0.3) is 0 Å². The van der Waals surface area contributed by atoms with Crippen molar-refractivity contribution in [2.24, 2.45) is 10.5 Å². The molecule has 0 heterocycles. The van der Waals surface area contributed by atoms with Crippen molar-refractivity contribution < 1.29 is 14.9 Å². The second-order valence-corrected chi connectivity index (χ2v) is 4.55. The molecular weight excluding hydrogens is 222 g/mol. The number of ether oxygens (including phenoxy) is 1. The van der Waals surface area contributed by atoms with Crippen molar-refractivity contribution in [3.05, 3.63) is 10.4 Å². The lowest BCUT2D eigenvalue weighted by atomic mass is 9.95. The van der Waals surface area contributed by atoms with E-state index in [9.17, 15) is 0 Å². The molecule has 0 amide bonds. The van der Waals surface area contributed by atoms with Crippen LogP contribution in [0.4, 0.5) is 0 Å². The van der Waals surface area contributed by atoms with E-state index in [4.69, 9.17) is 20.5 Å². The van der Waals surface area contributed by atoms with Crippen LogP contribution < -0.4 is 0 Å². The van der Waals surface area contributed by atoms with Gasteiger partial charge in [0.15, 0.2) is 0 Å². The molecule has 0 fully saturated rings. The van der Waals surface area contributed by atoms with Gasteiger partial charge in [-0.1, -0.05) is 24.9 Å². The molecule has 0 rings (SSSR count). The topological polar surface area (TPSA) is 98.5 Å². The summed E-state index contributed by atoms with van der Waals surface area (Å²) in [5.41, 5.74) is 7.52. The molecule has 0 atom stereocenters. The monoisotopic (exact) mass is 245 g/mol. The maximum Gasteiger partial charge on any atom is 0.0563 e. The van der Waals surface area contributed by atoms with E-state index in [2.05, 4.69) is 10.0 Å². The van der Waals surface area contributed by atoms with Crippen LogP contribution in [0.25, 0.3) is 10.4 Å². The molecule has 0 saturated carbocycles. The van der Waals surface area contributed by atoms with Crippen molar-refractivity contribution in [1.29, 1.82) is 0 Å². The lowest BCUT2D eigenvalue weighted by molar-refractivity contribution is -0.0169. The molecule has 17 heavy (non-hydrogen) atoms. The van der Waals surface area contributed by atoms with Gasteiger partial charge in [0.05, 0.1) is 19.8 Å². The van der Waals surface area contributed by atoms with Gasteiger partial charge in [-0.3, -0.25) is 0 Å². The predicted molar refractivity (Wildman–Crippen MR) is 65.6 cm³/mol. The van der Waals surface area contributed by atoms with E-state index in [0.29, 0.717) is 19.8 Å². The van der Waals surface area contributed by atoms with Crippen molar-refractivity contribution in [3.8, 4) is 0 Å². The highest BCUT2D eigenvalue weighted by molar-refractivity contribution is 4.70. The Hall–Kier alpha value is -0.810. The summed E-state index contributed by atoms with van der Waals surface area (Å²) in [5, 5.41) is 21.5. The molecule has 0 aromatic heterocycles. The molecule has 2 N–H and O–H groups in total. The number of aliphatic hydroxyl groups excluding tert-OH is 2. The van der Waals surface area contributed by atoms with E-state index in [-0.39, 0.29) is 13.2 Å². The largest absolute Gasteiger partial charge is 0.396 e. The maximum absolute atomic E-state index is 9.03. The first-order chi connectivity index (χ1) is 8.18. The zero-order chi connectivity index (χ0) is 13.0. The fourth-order valence-corrected chi connectivity index (χ4v) is 1.24. The fraction of sp³-hybridized carbons (Fsp3) is 1.00. The molecule has 6 heteroatoms. The first-order valence-corrected chi connectivity index (χ1v) is 5.99. The van der Waals surface area contributed by atoms with E-state index >= 15 is 0 Å². The molecule has 0 aromatic rings. The van der Waals surface area contributed by atoms with Crippen molar-refractivity contribution in [2.75, 3.05) is 33.0 Å². The molecule has 0 saturated heterocycles. The molecule has 0 bridgehead atoms. The number of aliphatic hydroxyl groups is 2. The smallest absolute Gasteiger partial charge is 0.0563 e. The summed E-state index contributed by atoms with van der Waals surface area (Å²) in [6, 6.07) is 0. The number of azide groups is 1. The summed E-state index contributed by atoms with van der Waals surface area (Å²) in [4.78, 5) is 2.68. The van der Waals surface area contributed by atoms with Crippen LogP contribution in [0.15, 0.2) is 5.11 Å². The van der Waals surface area contributed by atoms with Crippen LogP contribution in [0.1, 0.15) is 32.6 Å². The van der Waals surface area contributed by atoms with Crippen LogP contribution >= 0.6 is 0 Å². The number of unbranched alkanes of at least 4 members (excludes halogenated alkanes) is 3. The van der Waals surface area contributed by atoms with Gasteiger partial charge in [0, 0.05) is 23.5 Å². The van der Waals surface area contributed by atoms with E-state index in [0.717, 1.165) is 25.7 Å². The van der Waals surface area contributed by atoms with Crippen LogP contribution in [-0.2, 0) is 4.74 Å². The normalized spacial score (nSPS) is 11.2. The van der Waals surface area contributed by atoms with Gasteiger partial charge in [0.1, 0.15) is 0 Å². The Morgan fingerprint density at radius 2 is 1.82 bits per heavy atom. The summed E-state index contributed by atoms with van der Waals surface area (Å²) in [5.74, 6) is 0. The molecule has 0 spiro atoms. The van der Waals surface area contributed by atoms with Crippen LogP contribution in [0, 0.1) is 5.41 Å². The average Bonchev–Trinajstić information content (AvgIpc) is 2.36. The van der Waals surface area contributed by atoms with Gasteiger partial charge in [-0.25, -0.2) is 0 Å². The van der Waals surface area contributed by atoms with E-state index in [1.165, 1.54) is 0 Å².